The fourth-order valence-corrected chi connectivity index (χ4v) is 2.97. The molecule has 0 aliphatic carbocycles. The van der Waals surface area contributed by atoms with Crippen LogP contribution in [-0.4, -0.2) is 54.3 Å². The number of carbonyl (C=O) groups is 1. The summed E-state index contributed by atoms with van der Waals surface area (Å²) in [5.74, 6) is 0.472. The maximum atomic E-state index is 13.2. The lowest BCUT2D eigenvalue weighted by atomic mass is 10.1. The maximum Gasteiger partial charge on any atom is 0.259 e. The molecule has 7 nitrogen and oxygen atoms in total. The van der Waals surface area contributed by atoms with Crippen LogP contribution in [0, 0.1) is 0 Å². The van der Waals surface area contributed by atoms with E-state index in [-0.39, 0.29) is 17.9 Å². The van der Waals surface area contributed by atoms with Crippen molar-refractivity contribution in [2.24, 2.45) is 0 Å². The molecule has 0 N–H and O–H groups in total. The highest BCUT2D eigenvalue weighted by Gasteiger charge is 2.26. The highest BCUT2D eigenvalue weighted by Crippen LogP contribution is 2.23. The van der Waals surface area contributed by atoms with Crippen LogP contribution in [0.1, 0.15) is 28.9 Å². The second kappa shape index (κ2) is 8.62. The number of aromatic nitrogens is 2. The predicted octanol–water partition coefficient (Wildman–Crippen LogP) is 2.32. The largest absolute Gasteiger partial charge is 0.481 e. The van der Waals surface area contributed by atoms with E-state index in [9.17, 15) is 4.79 Å². The molecule has 1 amide bonds. The normalized spacial score (nSPS) is 16.3. The van der Waals surface area contributed by atoms with Gasteiger partial charge in [0.15, 0.2) is 0 Å². The van der Waals surface area contributed by atoms with E-state index in [1.165, 1.54) is 14.2 Å². The Balaban J connectivity index is 1.85. The molecule has 0 bridgehead atoms. The molecule has 0 spiro atoms. The number of hydrogen-bond acceptors (Lipinski definition) is 6. The molecule has 0 radical (unpaired) electrons. The lowest BCUT2D eigenvalue weighted by Crippen LogP contribution is -2.37. The molecule has 0 unspecified atom stereocenters. The summed E-state index contributed by atoms with van der Waals surface area (Å²) < 4.78 is 16.1. The van der Waals surface area contributed by atoms with Crippen LogP contribution in [0.5, 0.6) is 11.8 Å². The lowest BCUT2D eigenvalue weighted by Gasteiger charge is -2.25. The molecule has 1 aliphatic heterocycles. The van der Waals surface area contributed by atoms with Crippen molar-refractivity contribution < 1.29 is 19.0 Å². The maximum absolute atomic E-state index is 13.2. The van der Waals surface area contributed by atoms with Gasteiger partial charge in [0.05, 0.1) is 32.6 Å². The van der Waals surface area contributed by atoms with Gasteiger partial charge < -0.3 is 19.1 Å². The third-order valence-corrected chi connectivity index (χ3v) is 4.28. The first-order valence-corrected chi connectivity index (χ1v) is 8.61. The molecule has 1 saturated heterocycles. The molecule has 26 heavy (non-hydrogen) atoms. The highest BCUT2D eigenvalue weighted by molar-refractivity contribution is 5.96. The van der Waals surface area contributed by atoms with E-state index in [0.717, 1.165) is 25.1 Å². The van der Waals surface area contributed by atoms with Crippen LogP contribution in [0.4, 0.5) is 0 Å². The second-order valence-electron chi connectivity index (χ2n) is 6.05. The third-order valence-electron chi connectivity index (χ3n) is 4.28. The Morgan fingerprint density at radius 2 is 2.15 bits per heavy atom. The average molecular weight is 357 g/mol. The Morgan fingerprint density at radius 3 is 2.81 bits per heavy atom. The minimum absolute atomic E-state index is 0.0415. The highest BCUT2D eigenvalue weighted by atomic mass is 16.5. The van der Waals surface area contributed by atoms with E-state index >= 15 is 0 Å². The third kappa shape index (κ3) is 4.29. The summed E-state index contributed by atoms with van der Waals surface area (Å²) in [5, 5.41) is 0. The standard InChI is InChI=1S/C19H23N3O4/c1-24-17-9-8-16(18(21-17)25-2)19(23)22(13-15-7-5-11-26-15)12-14-6-3-4-10-20-14/h3-4,6,8-10,15H,5,7,11-13H2,1-2H3/t15-/m1/s1. The van der Waals surface area contributed by atoms with E-state index in [1.807, 2.05) is 18.2 Å². The molecule has 3 rings (SSSR count). The van der Waals surface area contributed by atoms with Crippen LogP contribution in [-0.2, 0) is 11.3 Å². The van der Waals surface area contributed by atoms with Gasteiger partial charge in [0.1, 0.15) is 5.56 Å². The number of methoxy groups -OCH3 is 2. The van der Waals surface area contributed by atoms with Gasteiger partial charge in [0.2, 0.25) is 11.8 Å². The van der Waals surface area contributed by atoms with Gasteiger partial charge in [0.25, 0.3) is 5.91 Å². The number of nitrogens with zero attached hydrogens (tertiary/aromatic N) is 3. The SMILES string of the molecule is COc1ccc(C(=O)N(Cc2ccccn2)C[C@H]2CCCO2)c(OC)n1. The van der Waals surface area contributed by atoms with Gasteiger partial charge in [-0.1, -0.05) is 6.07 Å². The van der Waals surface area contributed by atoms with Gasteiger partial charge in [0, 0.05) is 25.4 Å². The molecule has 1 atom stereocenters. The monoisotopic (exact) mass is 357 g/mol. The molecule has 1 fully saturated rings. The summed E-state index contributed by atoms with van der Waals surface area (Å²) >= 11 is 0. The average Bonchev–Trinajstić information content (AvgIpc) is 3.20. The molecule has 138 valence electrons. The van der Waals surface area contributed by atoms with Crippen LogP contribution in [0.25, 0.3) is 0 Å². The summed E-state index contributed by atoms with van der Waals surface area (Å²) in [6.45, 7) is 1.64. The van der Waals surface area contributed by atoms with E-state index in [4.69, 9.17) is 14.2 Å². The molecule has 7 heteroatoms. The Labute approximate surface area is 152 Å². The van der Waals surface area contributed by atoms with Crippen LogP contribution in [0.2, 0.25) is 0 Å². The minimum Gasteiger partial charge on any atom is -0.481 e. The number of ether oxygens (including phenoxy) is 3. The van der Waals surface area contributed by atoms with Crippen molar-refractivity contribution in [1.29, 1.82) is 0 Å². The van der Waals surface area contributed by atoms with Gasteiger partial charge in [-0.15, -0.1) is 0 Å². The second-order valence-corrected chi connectivity index (χ2v) is 6.05. The van der Waals surface area contributed by atoms with Crippen molar-refractivity contribution in [3.63, 3.8) is 0 Å². The minimum atomic E-state index is -0.168. The van der Waals surface area contributed by atoms with Gasteiger partial charge in [-0.25, -0.2) is 0 Å². The molecule has 1 aliphatic rings. The van der Waals surface area contributed by atoms with Crippen LogP contribution in [0.3, 0.4) is 0 Å². The van der Waals surface area contributed by atoms with E-state index in [2.05, 4.69) is 9.97 Å². The summed E-state index contributed by atoms with van der Waals surface area (Å²) in [5.41, 5.74) is 1.21. The number of amides is 1. The fourth-order valence-electron chi connectivity index (χ4n) is 2.97. The number of pyridine rings is 2. The summed E-state index contributed by atoms with van der Waals surface area (Å²) in [7, 11) is 3.01. The first-order chi connectivity index (χ1) is 12.7. The molecular weight excluding hydrogens is 334 g/mol. The van der Waals surface area contributed by atoms with Crippen LogP contribution >= 0.6 is 0 Å². The molecule has 2 aromatic heterocycles. The quantitative estimate of drug-likeness (QED) is 0.757. The molecule has 2 aromatic rings. The smallest absolute Gasteiger partial charge is 0.259 e. The van der Waals surface area contributed by atoms with Gasteiger partial charge in [-0.3, -0.25) is 9.78 Å². The zero-order chi connectivity index (χ0) is 18.4. The molecule has 3 heterocycles. The first kappa shape index (κ1) is 18.1. The van der Waals surface area contributed by atoms with Crippen LogP contribution < -0.4 is 9.47 Å². The Morgan fingerprint density at radius 1 is 1.27 bits per heavy atom. The van der Waals surface area contributed by atoms with Crippen molar-refractivity contribution in [1.82, 2.24) is 14.9 Å². The van der Waals surface area contributed by atoms with Crippen molar-refractivity contribution in [2.75, 3.05) is 27.4 Å². The Hall–Kier alpha value is -2.67. The van der Waals surface area contributed by atoms with Gasteiger partial charge in [-0.05, 0) is 31.0 Å². The summed E-state index contributed by atoms with van der Waals surface area (Å²) in [4.78, 5) is 23.5. The zero-order valence-corrected chi connectivity index (χ0v) is 15.1. The Bertz CT molecular complexity index is 733. The van der Waals surface area contributed by atoms with E-state index < -0.39 is 0 Å². The topological polar surface area (TPSA) is 73.8 Å². The van der Waals surface area contributed by atoms with Crippen LogP contribution in [0.15, 0.2) is 36.5 Å². The fraction of sp³-hybridized carbons (Fsp3) is 0.421. The Kier molecular flexibility index (Phi) is 6.01. The van der Waals surface area contributed by atoms with Crippen molar-refractivity contribution in [2.45, 2.75) is 25.5 Å². The van der Waals surface area contributed by atoms with E-state index in [1.54, 1.807) is 23.2 Å². The lowest BCUT2D eigenvalue weighted by molar-refractivity contribution is 0.0501. The number of hydrogen-bond donors (Lipinski definition) is 0. The predicted molar refractivity (Wildman–Crippen MR) is 95.3 cm³/mol. The summed E-state index contributed by atoms with van der Waals surface area (Å²) in [6.07, 6.45) is 3.73. The molecule has 0 saturated carbocycles. The number of carbonyl (C=O) groups excluding carboxylic acids is 1. The number of rotatable bonds is 7. The summed E-state index contributed by atoms with van der Waals surface area (Å²) in [6, 6.07) is 8.99. The zero-order valence-electron chi connectivity index (χ0n) is 15.1. The van der Waals surface area contributed by atoms with Crippen molar-refractivity contribution in [3.05, 3.63) is 47.8 Å². The van der Waals surface area contributed by atoms with Gasteiger partial charge in [-0.2, -0.15) is 4.98 Å². The first-order valence-electron chi connectivity index (χ1n) is 8.61. The van der Waals surface area contributed by atoms with E-state index in [0.29, 0.717) is 24.5 Å². The molecular formula is C19H23N3O4. The van der Waals surface area contributed by atoms with Crippen molar-refractivity contribution in [3.8, 4) is 11.8 Å². The van der Waals surface area contributed by atoms with Crippen molar-refractivity contribution >= 4 is 5.91 Å². The van der Waals surface area contributed by atoms with Gasteiger partial charge >= 0.3 is 0 Å². The molecule has 0 aromatic carbocycles.